The zero-order valence-electron chi connectivity index (χ0n) is 12.6. The summed E-state index contributed by atoms with van der Waals surface area (Å²) in [6.07, 6.45) is 0.720. The van der Waals surface area contributed by atoms with Gasteiger partial charge in [-0.2, -0.15) is 10.1 Å². The molecule has 3 rings (SSSR count). The van der Waals surface area contributed by atoms with E-state index in [1.807, 2.05) is 27.0 Å². The Hall–Kier alpha value is -2.28. The Labute approximate surface area is 122 Å². The van der Waals surface area contributed by atoms with Crippen LogP contribution in [0.1, 0.15) is 24.1 Å². The number of aromatic nitrogens is 5. The molecule has 0 radical (unpaired) electrons. The van der Waals surface area contributed by atoms with E-state index < -0.39 is 0 Å². The Morgan fingerprint density at radius 1 is 1.33 bits per heavy atom. The minimum atomic E-state index is 0.297. The van der Waals surface area contributed by atoms with Gasteiger partial charge >= 0.3 is 0 Å². The van der Waals surface area contributed by atoms with Crippen LogP contribution in [0.25, 0.3) is 22.5 Å². The van der Waals surface area contributed by atoms with Crippen LogP contribution in [0.2, 0.25) is 0 Å². The highest BCUT2D eigenvalue weighted by molar-refractivity contribution is 5.92. The molecule has 0 aliphatic heterocycles. The third-order valence-corrected chi connectivity index (χ3v) is 3.51. The monoisotopic (exact) mass is 286 g/mol. The fourth-order valence-corrected chi connectivity index (χ4v) is 2.29. The van der Waals surface area contributed by atoms with Crippen molar-refractivity contribution < 1.29 is 4.52 Å². The third kappa shape index (κ3) is 2.52. The predicted octanol–water partition coefficient (Wildman–Crippen LogP) is 1.78. The molecule has 0 aliphatic rings. The Morgan fingerprint density at radius 3 is 2.90 bits per heavy atom. The fourth-order valence-electron chi connectivity index (χ4n) is 2.29. The van der Waals surface area contributed by atoms with E-state index in [-0.39, 0.29) is 0 Å². The maximum absolute atomic E-state index is 5.43. The van der Waals surface area contributed by atoms with Crippen molar-refractivity contribution in [2.24, 2.45) is 0 Å². The first kappa shape index (κ1) is 13.7. The van der Waals surface area contributed by atoms with E-state index in [4.69, 9.17) is 4.52 Å². The molecule has 0 fully saturated rings. The predicted molar refractivity (Wildman–Crippen MR) is 78.9 cm³/mol. The van der Waals surface area contributed by atoms with Gasteiger partial charge < -0.3 is 9.84 Å². The van der Waals surface area contributed by atoms with Crippen LogP contribution in [0, 0.1) is 13.8 Å². The van der Waals surface area contributed by atoms with Gasteiger partial charge in [-0.1, -0.05) is 5.16 Å². The first-order chi connectivity index (χ1) is 10.1. The lowest BCUT2D eigenvalue weighted by atomic mass is 10.1. The van der Waals surface area contributed by atoms with E-state index in [1.165, 1.54) is 0 Å². The summed E-state index contributed by atoms with van der Waals surface area (Å²) in [6, 6.07) is 2.24. The molecular weight excluding hydrogens is 268 g/mol. The van der Waals surface area contributed by atoms with Crippen LogP contribution in [0.5, 0.6) is 0 Å². The lowest BCUT2D eigenvalue weighted by Gasteiger charge is -2.04. The molecule has 3 heterocycles. The van der Waals surface area contributed by atoms with Crippen molar-refractivity contribution in [1.82, 2.24) is 30.6 Å². The molecule has 0 bridgehead atoms. The minimum Gasteiger partial charge on any atom is -0.334 e. The second kappa shape index (κ2) is 5.25. The number of nitrogens with one attached hydrogen (secondary N) is 2. The van der Waals surface area contributed by atoms with Gasteiger partial charge in [0.05, 0.1) is 10.9 Å². The van der Waals surface area contributed by atoms with E-state index in [0.29, 0.717) is 23.4 Å². The number of hydrogen-bond donors (Lipinski definition) is 2. The van der Waals surface area contributed by atoms with Crippen LogP contribution in [0.4, 0.5) is 0 Å². The van der Waals surface area contributed by atoms with Crippen LogP contribution < -0.4 is 5.32 Å². The molecule has 1 unspecified atom stereocenters. The highest BCUT2D eigenvalue weighted by Crippen LogP contribution is 2.28. The average Bonchev–Trinajstić information content (AvgIpc) is 3.05. The fraction of sp³-hybridized carbons (Fsp3) is 0.429. The summed E-state index contributed by atoms with van der Waals surface area (Å²) < 4.78 is 5.43. The van der Waals surface area contributed by atoms with Crippen molar-refractivity contribution in [2.45, 2.75) is 33.2 Å². The van der Waals surface area contributed by atoms with E-state index in [9.17, 15) is 0 Å². The second-order valence-corrected chi connectivity index (χ2v) is 5.27. The number of H-pyrrole nitrogens is 1. The molecule has 0 saturated carbocycles. The number of rotatable bonds is 4. The van der Waals surface area contributed by atoms with Gasteiger partial charge in [0.25, 0.3) is 5.89 Å². The topological polar surface area (TPSA) is 92.5 Å². The normalized spacial score (nSPS) is 13.0. The zero-order valence-corrected chi connectivity index (χ0v) is 12.6. The molecule has 7 nitrogen and oxygen atoms in total. The van der Waals surface area contributed by atoms with Gasteiger partial charge in [0, 0.05) is 23.9 Å². The summed E-state index contributed by atoms with van der Waals surface area (Å²) in [5, 5.41) is 15.3. The molecule has 0 amide bonds. The summed E-state index contributed by atoms with van der Waals surface area (Å²) in [7, 11) is 1.91. The lowest BCUT2D eigenvalue weighted by Crippen LogP contribution is -2.24. The largest absolute Gasteiger partial charge is 0.334 e. The van der Waals surface area contributed by atoms with Gasteiger partial charge in [-0.25, -0.2) is 4.98 Å². The number of likely N-dealkylation sites (N-methyl/N-ethyl adjacent to an activating group) is 1. The number of fused-ring (bicyclic) bond motifs is 1. The Bertz CT molecular complexity index is 775. The molecule has 1 atom stereocenters. The molecule has 3 aromatic heterocycles. The minimum absolute atomic E-state index is 0.297. The zero-order chi connectivity index (χ0) is 15.0. The molecule has 0 aromatic carbocycles. The molecule has 0 spiro atoms. The van der Waals surface area contributed by atoms with Gasteiger partial charge in [0.2, 0.25) is 0 Å². The SMILES string of the molecule is CNC(C)Cc1noc(-c2cc(C)nc3n[nH]c(C)c23)n1. The second-order valence-electron chi connectivity index (χ2n) is 5.27. The van der Waals surface area contributed by atoms with Crippen LogP contribution in [-0.4, -0.2) is 38.4 Å². The van der Waals surface area contributed by atoms with E-state index in [0.717, 1.165) is 28.8 Å². The van der Waals surface area contributed by atoms with Crippen molar-refractivity contribution in [2.75, 3.05) is 7.05 Å². The van der Waals surface area contributed by atoms with Gasteiger partial charge in [-0.3, -0.25) is 5.10 Å². The summed E-state index contributed by atoms with van der Waals surface area (Å²) in [5.74, 6) is 1.20. The van der Waals surface area contributed by atoms with Crippen molar-refractivity contribution >= 4 is 11.0 Å². The van der Waals surface area contributed by atoms with Gasteiger partial charge in [0.1, 0.15) is 0 Å². The van der Waals surface area contributed by atoms with E-state index in [1.54, 1.807) is 0 Å². The third-order valence-electron chi connectivity index (χ3n) is 3.51. The number of nitrogens with zero attached hydrogens (tertiary/aromatic N) is 4. The highest BCUT2D eigenvalue weighted by Gasteiger charge is 2.17. The Balaban J connectivity index is 2.06. The maximum atomic E-state index is 5.43. The average molecular weight is 286 g/mol. The molecular formula is C14H18N6O. The molecule has 7 heteroatoms. The summed E-state index contributed by atoms with van der Waals surface area (Å²) in [5.41, 5.74) is 3.36. The van der Waals surface area contributed by atoms with Gasteiger partial charge in [-0.05, 0) is 33.9 Å². The van der Waals surface area contributed by atoms with Gasteiger partial charge in [-0.15, -0.1) is 0 Å². The molecule has 21 heavy (non-hydrogen) atoms. The quantitative estimate of drug-likeness (QED) is 0.759. The Morgan fingerprint density at radius 2 is 2.14 bits per heavy atom. The van der Waals surface area contributed by atoms with Crippen LogP contribution in [-0.2, 0) is 6.42 Å². The standard InChI is InChI=1S/C14H18N6O/c1-7(15-4)6-11-17-14(21-20-11)10-5-8(2)16-13-12(10)9(3)18-19-13/h5,7,15H,6H2,1-4H3,(H,16,18,19). The summed E-state index contributed by atoms with van der Waals surface area (Å²) >= 11 is 0. The number of aromatic amines is 1. The summed E-state index contributed by atoms with van der Waals surface area (Å²) in [4.78, 5) is 8.90. The van der Waals surface area contributed by atoms with E-state index in [2.05, 4.69) is 37.6 Å². The number of aryl methyl sites for hydroxylation is 2. The van der Waals surface area contributed by atoms with E-state index >= 15 is 0 Å². The molecule has 3 aromatic rings. The molecule has 2 N–H and O–H groups in total. The van der Waals surface area contributed by atoms with Crippen molar-refractivity contribution in [3.63, 3.8) is 0 Å². The molecule has 0 saturated heterocycles. The highest BCUT2D eigenvalue weighted by atomic mass is 16.5. The smallest absolute Gasteiger partial charge is 0.258 e. The Kier molecular flexibility index (Phi) is 3.42. The lowest BCUT2D eigenvalue weighted by molar-refractivity contribution is 0.418. The van der Waals surface area contributed by atoms with Gasteiger partial charge in [0.15, 0.2) is 11.5 Å². The molecule has 0 aliphatic carbocycles. The number of hydrogen-bond acceptors (Lipinski definition) is 6. The van der Waals surface area contributed by atoms with Crippen molar-refractivity contribution in [3.8, 4) is 11.5 Å². The van der Waals surface area contributed by atoms with Crippen molar-refractivity contribution in [3.05, 3.63) is 23.3 Å². The summed E-state index contributed by atoms with van der Waals surface area (Å²) in [6.45, 7) is 5.95. The first-order valence-corrected chi connectivity index (χ1v) is 6.91. The van der Waals surface area contributed by atoms with Crippen LogP contribution in [0.3, 0.4) is 0 Å². The number of pyridine rings is 1. The molecule has 110 valence electrons. The van der Waals surface area contributed by atoms with Crippen LogP contribution >= 0.6 is 0 Å². The first-order valence-electron chi connectivity index (χ1n) is 6.91. The van der Waals surface area contributed by atoms with Crippen molar-refractivity contribution in [1.29, 1.82) is 0 Å². The maximum Gasteiger partial charge on any atom is 0.258 e. The van der Waals surface area contributed by atoms with Crippen LogP contribution in [0.15, 0.2) is 10.6 Å².